The number of hydrogen-bond donors (Lipinski definition) is 2. The van der Waals surface area contributed by atoms with Gasteiger partial charge in [-0.05, 0) is 25.1 Å². The van der Waals surface area contributed by atoms with Gasteiger partial charge in [-0.1, -0.05) is 0 Å². The minimum absolute atomic E-state index is 0.188. The van der Waals surface area contributed by atoms with Crippen molar-refractivity contribution >= 4 is 27.3 Å². The van der Waals surface area contributed by atoms with Gasteiger partial charge in [-0.15, -0.1) is 0 Å². The average molecular weight is 452 g/mol. The highest BCUT2D eigenvalue weighted by Crippen LogP contribution is 2.24. The first-order valence-electron chi connectivity index (χ1n) is 9.18. The molecule has 0 saturated carbocycles. The quantitative estimate of drug-likeness (QED) is 0.510. The number of alkyl halides is 2. The third kappa shape index (κ3) is 5.87. The molecular weight excluding hydrogens is 430 g/mol. The molecule has 2 N–H and O–H groups in total. The van der Waals surface area contributed by atoms with Crippen LogP contribution < -0.4 is 15.4 Å². The Morgan fingerprint density at radius 3 is 2.71 bits per heavy atom. The summed E-state index contributed by atoms with van der Waals surface area (Å²) >= 11 is 0. The minimum atomic E-state index is -3.36. The first kappa shape index (κ1) is 22.4. The summed E-state index contributed by atoms with van der Waals surface area (Å²) in [5, 5.41) is 9.93. The van der Waals surface area contributed by atoms with E-state index >= 15 is 0 Å². The van der Waals surface area contributed by atoms with Gasteiger partial charge >= 0.3 is 0 Å². The minimum Gasteiger partial charge on any atom is -0.496 e. The highest BCUT2D eigenvalue weighted by atomic mass is 32.2. The molecule has 0 aliphatic rings. The number of sulfone groups is 1. The standard InChI is InChI=1S/C19H22F2N6O3S/c1-12-7-23-19(25-14-9-24-27(10-14)11-17(20)21)26-18(12)22-8-13-6-15(31(3,28)29)4-5-16(13)30-2/h4-7,9-10,17H,8,11H2,1-3H3,(H2,22,23,25,26). The van der Waals surface area contributed by atoms with E-state index in [1.165, 1.54) is 25.6 Å². The molecule has 0 aliphatic carbocycles. The Kier molecular flexibility index (Phi) is 6.68. The lowest BCUT2D eigenvalue weighted by Gasteiger charge is -2.13. The van der Waals surface area contributed by atoms with Crippen molar-refractivity contribution in [3.8, 4) is 5.75 Å². The second-order valence-corrected chi connectivity index (χ2v) is 8.81. The summed E-state index contributed by atoms with van der Waals surface area (Å²) in [5.41, 5.74) is 1.88. The molecule has 9 nitrogen and oxygen atoms in total. The van der Waals surface area contributed by atoms with Gasteiger partial charge in [0.2, 0.25) is 5.95 Å². The van der Waals surface area contributed by atoms with Gasteiger partial charge in [0.25, 0.3) is 6.43 Å². The first-order valence-corrected chi connectivity index (χ1v) is 11.1. The van der Waals surface area contributed by atoms with Crippen LogP contribution in [0.4, 0.5) is 26.2 Å². The molecule has 166 valence electrons. The van der Waals surface area contributed by atoms with Gasteiger partial charge in [-0.3, -0.25) is 4.68 Å². The van der Waals surface area contributed by atoms with E-state index in [0.29, 0.717) is 22.8 Å². The van der Waals surface area contributed by atoms with Crippen LogP contribution >= 0.6 is 0 Å². The zero-order valence-corrected chi connectivity index (χ0v) is 17.9. The van der Waals surface area contributed by atoms with Gasteiger partial charge in [0.15, 0.2) is 9.84 Å². The number of nitrogens with one attached hydrogen (secondary N) is 2. The number of methoxy groups -OCH3 is 1. The van der Waals surface area contributed by atoms with Gasteiger partial charge in [0.1, 0.15) is 18.1 Å². The second-order valence-electron chi connectivity index (χ2n) is 6.79. The maximum Gasteiger partial charge on any atom is 0.257 e. The summed E-state index contributed by atoms with van der Waals surface area (Å²) in [7, 11) is -1.86. The van der Waals surface area contributed by atoms with Crippen LogP contribution in [0.1, 0.15) is 11.1 Å². The van der Waals surface area contributed by atoms with E-state index in [4.69, 9.17) is 4.74 Å². The topological polar surface area (TPSA) is 111 Å². The molecule has 12 heteroatoms. The smallest absolute Gasteiger partial charge is 0.257 e. The lowest BCUT2D eigenvalue weighted by Crippen LogP contribution is -2.08. The molecule has 0 atom stereocenters. The number of nitrogens with zero attached hydrogens (tertiary/aromatic N) is 4. The lowest BCUT2D eigenvalue weighted by atomic mass is 10.2. The molecule has 0 fully saturated rings. The fourth-order valence-electron chi connectivity index (χ4n) is 2.78. The lowest BCUT2D eigenvalue weighted by molar-refractivity contribution is 0.122. The van der Waals surface area contributed by atoms with Gasteiger partial charge in [-0.25, -0.2) is 22.2 Å². The maximum absolute atomic E-state index is 12.5. The van der Waals surface area contributed by atoms with Crippen molar-refractivity contribution in [3.63, 3.8) is 0 Å². The van der Waals surface area contributed by atoms with E-state index in [-0.39, 0.29) is 17.4 Å². The number of aryl methyl sites for hydroxylation is 1. The second kappa shape index (κ2) is 9.25. The molecule has 3 rings (SSSR count). The van der Waals surface area contributed by atoms with Gasteiger partial charge in [0, 0.05) is 36.3 Å². The molecule has 0 amide bonds. The molecule has 0 bridgehead atoms. The zero-order chi connectivity index (χ0) is 22.6. The summed E-state index contributed by atoms with van der Waals surface area (Å²) in [4.78, 5) is 8.78. The molecule has 0 spiro atoms. The molecule has 2 aromatic heterocycles. The summed E-state index contributed by atoms with van der Waals surface area (Å²) in [6, 6.07) is 4.64. The molecule has 1 aromatic carbocycles. The highest BCUT2D eigenvalue weighted by Gasteiger charge is 2.13. The van der Waals surface area contributed by atoms with Crippen molar-refractivity contribution in [2.75, 3.05) is 24.0 Å². The van der Waals surface area contributed by atoms with Gasteiger partial charge in [-0.2, -0.15) is 10.1 Å². The Bertz CT molecular complexity index is 1170. The van der Waals surface area contributed by atoms with Crippen molar-refractivity contribution < 1.29 is 21.9 Å². The summed E-state index contributed by atoms with van der Waals surface area (Å²) < 4.78 is 55.1. The maximum atomic E-state index is 12.5. The number of hydrogen-bond acceptors (Lipinski definition) is 8. The summed E-state index contributed by atoms with van der Waals surface area (Å²) in [6.45, 7) is 1.57. The number of ether oxygens (including phenoxy) is 1. The molecule has 31 heavy (non-hydrogen) atoms. The van der Waals surface area contributed by atoms with Crippen LogP contribution in [0.25, 0.3) is 0 Å². The summed E-state index contributed by atoms with van der Waals surface area (Å²) in [6.07, 6.45) is 3.08. The Morgan fingerprint density at radius 1 is 1.26 bits per heavy atom. The van der Waals surface area contributed by atoms with Crippen LogP contribution in [0.5, 0.6) is 5.75 Å². The average Bonchev–Trinajstić information content (AvgIpc) is 3.13. The van der Waals surface area contributed by atoms with Crippen molar-refractivity contribution in [2.24, 2.45) is 0 Å². The van der Waals surface area contributed by atoms with E-state index < -0.39 is 22.8 Å². The number of anilines is 3. The van der Waals surface area contributed by atoms with E-state index in [9.17, 15) is 17.2 Å². The molecular formula is C19H22F2N6O3S. The van der Waals surface area contributed by atoms with Crippen LogP contribution in [0, 0.1) is 6.92 Å². The molecule has 3 aromatic rings. The zero-order valence-electron chi connectivity index (χ0n) is 17.1. The Balaban J connectivity index is 1.76. The fourth-order valence-corrected chi connectivity index (χ4v) is 3.45. The normalized spacial score (nSPS) is 11.5. The van der Waals surface area contributed by atoms with Crippen LogP contribution in [0.15, 0.2) is 41.7 Å². The third-order valence-electron chi connectivity index (χ3n) is 4.31. The van der Waals surface area contributed by atoms with Crippen molar-refractivity contribution in [1.82, 2.24) is 19.7 Å². The van der Waals surface area contributed by atoms with Gasteiger partial charge < -0.3 is 15.4 Å². The SMILES string of the molecule is COc1ccc(S(C)(=O)=O)cc1CNc1nc(Nc2cnn(CC(F)F)c2)ncc1C. The number of aromatic nitrogens is 4. The number of benzene rings is 1. The summed E-state index contributed by atoms with van der Waals surface area (Å²) in [5.74, 6) is 1.31. The predicted molar refractivity (Wildman–Crippen MR) is 112 cm³/mol. The Hall–Kier alpha value is -3.28. The molecule has 0 saturated heterocycles. The fraction of sp³-hybridized carbons (Fsp3) is 0.316. The molecule has 0 radical (unpaired) electrons. The Labute approximate surface area is 178 Å². The van der Waals surface area contributed by atoms with Crippen LogP contribution in [-0.4, -0.2) is 48.0 Å². The first-order chi connectivity index (χ1) is 14.7. The number of rotatable bonds is 9. The monoisotopic (exact) mass is 452 g/mol. The van der Waals surface area contributed by atoms with Gasteiger partial charge in [0.05, 0.1) is 23.9 Å². The largest absolute Gasteiger partial charge is 0.496 e. The molecule has 0 aliphatic heterocycles. The van der Waals surface area contributed by atoms with Crippen molar-refractivity contribution in [2.45, 2.75) is 31.3 Å². The van der Waals surface area contributed by atoms with Crippen LogP contribution in [0.3, 0.4) is 0 Å². The van der Waals surface area contributed by atoms with Crippen molar-refractivity contribution in [1.29, 1.82) is 0 Å². The predicted octanol–water partition coefficient (Wildman–Crippen LogP) is 3.01. The number of halogens is 2. The van der Waals surface area contributed by atoms with E-state index in [1.54, 1.807) is 18.3 Å². The van der Waals surface area contributed by atoms with E-state index in [2.05, 4.69) is 25.7 Å². The Morgan fingerprint density at radius 2 is 2.03 bits per heavy atom. The van der Waals surface area contributed by atoms with Crippen LogP contribution in [0.2, 0.25) is 0 Å². The third-order valence-corrected chi connectivity index (χ3v) is 5.42. The van der Waals surface area contributed by atoms with Crippen molar-refractivity contribution in [3.05, 3.63) is 47.9 Å². The van der Waals surface area contributed by atoms with Crippen LogP contribution in [-0.2, 0) is 22.9 Å². The highest BCUT2D eigenvalue weighted by molar-refractivity contribution is 7.90. The van der Waals surface area contributed by atoms with E-state index in [0.717, 1.165) is 16.5 Å². The van der Waals surface area contributed by atoms with E-state index in [1.807, 2.05) is 6.92 Å². The molecule has 0 unspecified atom stereocenters. The molecule has 2 heterocycles.